The maximum atomic E-state index is 6.20. The Morgan fingerprint density at radius 3 is 3.08 bits per heavy atom. The molecule has 1 aliphatic heterocycles. The number of methoxy groups -OCH3 is 1. The summed E-state index contributed by atoms with van der Waals surface area (Å²) in [7, 11) is 1.67. The average Bonchev–Trinajstić information content (AvgIpc) is 3.05. The minimum absolute atomic E-state index is 0.0814. The van der Waals surface area contributed by atoms with Crippen molar-refractivity contribution < 1.29 is 9.47 Å². The van der Waals surface area contributed by atoms with E-state index in [-0.39, 0.29) is 5.60 Å². The van der Waals surface area contributed by atoms with Gasteiger partial charge >= 0.3 is 0 Å². The number of fused-ring (bicyclic) bond motifs is 1. The molecule has 0 radical (unpaired) electrons. The topological polar surface area (TPSA) is 73.6 Å². The molecular formula is C17H25N5O2. The van der Waals surface area contributed by atoms with E-state index in [2.05, 4.69) is 20.4 Å². The first kappa shape index (κ1) is 15.8. The lowest BCUT2D eigenvalue weighted by molar-refractivity contribution is -0.103. The molecular weight excluding hydrogens is 306 g/mol. The van der Waals surface area contributed by atoms with E-state index in [1.165, 1.54) is 38.4 Å². The van der Waals surface area contributed by atoms with Gasteiger partial charge in [-0.1, -0.05) is 19.3 Å². The Balaban J connectivity index is 1.55. The highest BCUT2D eigenvalue weighted by Crippen LogP contribution is 2.39. The van der Waals surface area contributed by atoms with Gasteiger partial charge in [-0.3, -0.25) is 0 Å². The van der Waals surface area contributed by atoms with Gasteiger partial charge in [0.15, 0.2) is 0 Å². The van der Waals surface area contributed by atoms with Crippen molar-refractivity contribution in [2.75, 3.05) is 19.0 Å². The molecule has 1 saturated heterocycles. The molecule has 1 spiro atoms. The molecule has 3 heterocycles. The summed E-state index contributed by atoms with van der Waals surface area (Å²) < 4.78 is 13.2. The summed E-state index contributed by atoms with van der Waals surface area (Å²) in [4.78, 5) is 8.68. The van der Waals surface area contributed by atoms with Crippen LogP contribution in [0.2, 0.25) is 0 Å². The third-order valence-corrected chi connectivity index (χ3v) is 5.21. The maximum Gasteiger partial charge on any atom is 0.254 e. The third-order valence-electron chi connectivity index (χ3n) is 5.21. The largest absolute Gasteiger partial charge is 0.378 e. The van der Waals surface area contributed by atoms with E-state index in [1.54, 1.807) is 11.6 Å². The molecule has 7 heteroatoms. The number of aromatic nitrogens is 4. The Hall–Kier alpha value is -1.73. The summed E-state index contributed by atoms with van der Waals surface area (Å²) in [5, 5.41) is 7.96. The first-order valence-corrected chi connectivity index (χ1v) is 8.87. The Labute approximate surface area is 141 Å². The summed E-state index contributed by atoms with van der Waals surface area (Å²) >= 11 is 0. The second-order valence-corrected chi connectivity index (χ2v) is 6.96. The zero-order chi connectivity index (χ0) is 16.4. The van der Waals surface area contributed by atoms with Gasteiger partial charge < -0.3 is 14.8 Å². The van der Waals surface area contributed by atoms with Gasteiger partial charge in [0.2, 0.25) is 0 Å². The molecule has 2 aliphatic rings. The van der Waals surface area contributed by atoms with Crippen LogP contribution in [0.15, 0.2) is 12.4 Å². The van der Waals surface area contributed by atoms with Gasteiger partial charge in [-0.05, 0) is 25.7 Å². The normalized spacial score (nSPS) is 23.6. The minimum Gasteiger partial charge on any atom is -0.378 e. The summed E-state index contributed by atoms with van der Waals surface area (Å²) in [6.45, 7) is 1.30. The van der Waals surface area contributed by atoms with E-state index in [0.29, 0.717) is 18.4 Å². The van der Waals surface area contributed by atoms with Crippen LogP contribution >= 0.6 is 0 Å². The van der Waals surface area contributed by atoms with Gasteiger partial charge in [-0.2, -0.15) is 14.6 Å². The smallest absolute Gasteiger partial charge is 0.254 e. The van der Waals surface area contributed by atoms with E-state index < -0.39 is 0 Å². The van der Waals surface area contributed by atoms with Crippen molar-refractivity contribution in [3.63, 3.8) is 0 Å². The number of hydrogen-bond donors (Lipinski definition) is 1. The fraction of sp³-hybridized carbons (Fsp3) is 0.706. The first-order chi connectivity index (χ1) is 11.8. The molecule has 1 aliphatic carbocycles. The van der Waals surface area contributed by atoms with Crippen molar-refractivity contribution in [1.82, 2.24) is 19.6 Å². The fourth-order valence-corrected chi connectivity index (χ4v) is 4.09. The number of nitrogens with one attached hydrogen (secondary N) is 1. The van der Waals surface area contributed by atoms with E-state index in [1.807, 2.05) is 6.07 Å². The lowest BCUT2D eigenvalue weighted by Gasteiger charge is -2.43. The molecule has 0 amide bonds. The second kappa shape index (κ2) is 6.64. The zero-order valence-electron chi connectivity index (χ0n) is 14.2. The monoisotopic (exact) mass is 331 g/mol. The van der Waals surface area contributed by atoms with Crippen molar-refractivity contribution in [1.29, 1.82) is 0 Å². The van der Waals surface area contributed by atoms with Gasteiger partial charge in [0.05, 0.1) is 17.9 Å². The van der Waals surface area contributed by atoms with Crippen molar-refractivity contribution >= 4 is 11.6 Å². The van der Waals surface area contributed by atoms with Crippen molar-refractivity contribution in [2.45, 2.75) is 63.2 Å². The fourth-order valence-electron chi connectivity index (χ4n) is 4.09. The van der Waals surface area contributed by atoms with Crippen LogP contribution in [-0.2, 0) is 16.1 Å². The minimum atomic E-state index is 0.0814. The van der Waals surface area contributed by atoms with Crippen LogP contribution in [0.5, 0.6) is 0 Å². The lowest BCUT2D eigenvalue weighted by Crippen LogP contribution is -2.45. The van der Waals surface area contributed by atoms with Gasteiger partial charge in [0, 0.05) is 25.8 Å². The molecule has 1 saturated carbocycles. The molecule has 2 aromatic rings. The standard InChI is InChI=1S/C17H25N5O2/c1-23-11-14-9-15(22-16(21-14)18-12-19-22)20-13-5-8-24-17(10-13)6-3-2-4-7-17/h9,12-13,20H,2-8,10-11H2,1H3. The van der Waals surface area contributed by atoms with Gasteiger partial charge in [0.1, 0.15) is 12.1 Å². The van der Waals surface area contributed by atoms with E-state index in [9.17, 15) is 0 Å². The molecule has 1 atom stereocenters. The van der Waals surface area contributed by atoms with Crippen LogP contribution in [0.1, 0.15) is 50.6 Å². The highest BCUT2D eigenvalue weighted by molar-refractivity contribution is 5.45. The molecule has 1 N–H and O–H groups in total. The molecule has 2 fully saturated rings. The number of hydrogen-bond acceptors (Lipinski definition) is 6. The summed E-state index contributed by atoms with van der Waals surface area (Å²) in [5.41, 5.74) is 0.942. The number of nitrogens with zero attached hydrogens (tertiary/aromatic N) is 4. The highest BCUT2D eigenvalue weighted by atomic mass is 16.5. The van der Waals surface area contributed by atoms with Crippen molar-refractivity contribution in [3.05, 3.63) is 18.1 Å². The highest BCUT2D eigenvalue weighted by Gasteiger charge is 2.38. The molecule has 7 nitrogen and oxygen atoms in total. The molecule has 24 heavy (non-hydrogen) atoms. The van der Waals surface area contributed by atoms with Crippen molar-refractivity contribution in [2.24, 2.45) is 0 Å². The van der Waals surface area contributed by atoms with E-state index >= 15 is 0 Å². The molecule has 2 aromatic heterocycles. The molecule has 4 rings (SSSR count). The molecule has 0 bridgehead atoms. The molecule has 0 aromatic carbocycles. The lowest BCUT2D eigenvalue weighted by atomic mass is 9.78. The molecule has 1 unspecified atom stereocenters. The van der Waals surface area contributed by atoms with Gasteiger partial charge in [-0.15, -0.1) is 0 Å². The Kier molecular flexibility index (Phi) is 4.37. The quantitative estimate of drug-likeness (QED) is 0.928. The van der Waals surface area contributed by atoms with Crippen LogP contribution in [0.4, 0.5) is 5.82 Å². The maximum absolute atomic E-state index is 6.20. The van der Waals surface area contributed by atoms with Crippen LogP contribution in [0.3, 0.4) is 0 Å². The Morgan fingerprint density at radius 1 is 1.38 bits per heavy atom. The van der Waals surface area contributed by atoms with Crippen molar-refractivity contribution in [3.8, 4) is 0 Å². The van der Waals surface area contributed by atoms with Gasteiger partial charge in [0.25, 0.3) is 5.78 Å². The van der Waals surface area contributed by atoms with E-state index in [0.717, 1.165) is 31.0 Å². The Bertz CT molecular complexity index is 690. The van der Waals surface area contributed by atoms with Crippen LogP contribution < -0.4 is 5.32 Å². The van der Waals surface area contributed by atoms with Crippen LogP contribution in [-0.4, -0.2) is 44.9 Å². The van der Waals surface area contributed by atoms with Crippen LogP contribution in [0, 0.1) is 0 Å². The average molecular weight is 331 g/mol. The summed E-state index contributed by atoms with van der Waals surface area (Å²) in [6.07, 6.45) is 9.90. The second-order valence-electron chi connectivity index (χ2n) is 6.96. The molecule has 130 valence electrons. The van der Waals surface area contributed by atoms with Crippen LogP contribution in [0.25, 0.3) is 5.78 Å². The van der Waals surface area contributed by atoms with E-state index in [4.69, 9.17) is 9.47 Å². The number of ether oxygens (including phenoxy) is 2. The first-order valence-electron chi connectivity index (χ1n) is 8.87. The summed E-state index contributed by atoms with van der Waals surface area (Å²) in [6, 6.07) is 2.40. The summed E-state index contributed by atoms with van der Waals surface area (Å²) in [5.74, 6) is 1.54. The number of rotatable bonds is 4. The zero-order valence-corrected chi connectivity index (χ0v) is 14.2. The predicted molar refractivity (Wildman–Crippen MR) is 89.9 cm³/mol. The number of anilines is 1. The third kappa shape index (κ3) is 3.10. The Morgan fingerprint density at radius 2 is 2.25 bits per heavy atom. The SMILES string of the molecule is COCc1cc(NC2CCOC3(CCCCC3)C2)n2ncnc2n1. The van der Waals surface area contributed by atoms with Gasteiger partial charge in [-0.25, -0.2) is 4.98 Å². The predicted octanol–water partition coefficient (Wildman–Crippen LogP) is 2.56.